The third-order valence-electron chi connectivity index (χ3n) is 16.2. The van der Waals surface area contributed by atoms with E-state index in [-0.39, 0.29) is 35.2 Å². The van der Waals surface area contributed by atoms with Crippen molar-refractivity contribution in [2.24, 2.45) is 46.3 Å². The van der Waals surface area contributed by atoms with E-state index < -0.39 is 84.1 Å². The van der Waals surface area contributed by atoms with Crippen LogP contribution >= 0.6 is 0 Å². The lowest BCUT2D eigenvalue weighted by molar-refractivity contribution is -0.157. The number of allylic oxidation sites excluding steroid dienone is 4. The highest BCUT2D eigenvalue weighted by atomic mass is 16.5. The number of pyridine rings is 2. The second kappa shape index (κ2) is 26.7. The number of aromatic nitrogens is 2. The van der Waals surface area contributed by atoms with Crippen LogP contribution in [0.3, 0.4) is 0 Å². The molecule has 0 saturated carbocycles. The van der Waals surface area contributed by atoms with Crippen molar-refractivity contribution >= 4 is 34.7 Å². The van der Waals surface area contributed by atoms with Gasteiger partial charge in [-0.1, -0.05) is 90.8 Å². The number of rotatable bonds is 28. The molecular weight excluding hydrogens is 933 g/mol. The molecule has 2 aromatic heterocycles. The number of aliphatic hydroxyl groups excluding tert-OH is 4. The molecule has 2 aliphatic rings. The van der Waals surface area contributed by atoms with E-state index in [1.54, 1.807) is 53.9 Å². The lowest BCUT2D eigenvalue weighted by Crippen LogP contribution is -2.45. The van der Waals surface area contributed by atoms with Gasteiger partial charge in [0.1, 0.15) is 23.8 Å². The molecule has 12 nitrogen and oxygen atoms in total. The first-order valence-corrected chi connectivity index (χ1v) is 26.9. The van der Waals surface area contributed by atoms with E-state index in [1.807, 2.05) is 91.8 Å². The zero-order chi connectivity index (χ0) is 55.6. The van der Waals surface area contributed by atoms with Crippen molar-refractivity contribution in [3.63, 3.8) is 0 Å². The minimum atomic E-state index is -1.40. The number of Topliss-reactive ketones (excluding diaryl/α,β-unsaturated/α-hetero) is 2. The molecule has 2 heterocycles. The molecule has 0 bridgehead atoms. The molecule has 0 aromatic carbocycles. The molecule has 74 heavy (non-hydrogen) atoms. The standard InChI is InChI=1S/C62H90N2O10/c1-35(2)19-17-21-39(7)55(69)43(11)59(71)61(13,14)51(65)31-53(67)73-57-41(9)47(49-27-23-37(5)33-63-49)29-45(57)25-26-46-30-48(50-28-24-38(6)34-64-50)42(10)58(46)74-54(68)32-52(66)62(15,16)60(72)44(12)56(70)40(8)22-18-20-36(3)4/h23-28,33-34,39-40,43-46,51-52,55-58,65-66,69-70H,1,3,17-22,29-32H2,2,4-16H3/b26-25+. The summed E-state index contributed by atoms with van der Waals surface area (Å²) in [5.74, 6) is -4.69. The summed E-state index contributed by atoms with van der Waals surface area (Å²) in [5, 5.41) is 45.4. The van der Waals surface area contributed by atoms with Gasteiger partial charge >= 0.3 is 11.9 Å². The lowest BCUT2D eigenvalue weighted by Gasteiger charge is -2.34. The Labute approximate surface area is 442 Å². The summed E-state index contributed by atoms with van der Waals surface area (Å²) in [6.07, 6.45) is 6.21. The van der Waals surface area contributed by atoms with E-state index in [1.165, 1.54) is 0 Å². The van der Waals surface area contributed by atoms with Crippen molar-refractivity contribution in [1.82, 2.24) is 9.97 Å². The number of carbonyl (C=O) groups excluding carboxylic acids is 4. The van der Waals surface area contributed by atoms with Crippen molar-refractivity contribution in [2.45, 2.75) is 198 Å². The summed E-state index contributed by atoms with van der Waals surface area (Å²) in [6.45, 7) is 33.1. The van der Waals surface area contributed by atoms with Crippen LogP contribution in [0.2, 0.25) is 0 Å². The summed E-state index contributed by atoms with van der Waals surface area (Å²) in [5.41, 5.74) is 6.25. The van der Waals surface area contributed by atoms with Gasteiger partial charge in [0.15, 0.2) is 0 Å². The van der Waals surface area contributed by atoms with E-state index in [0.29, 0.717) is 25.7 Å². The quantitative estimate of drug-likeness (QED) is 0.0466. The predicted octanol–water partition coefficient (Wildman–Crippen LogP) is 11.2. The molecule has 2 aliphatic carbocycles. The molecule has 4 rings (SSSR count). The number of ether oxygens (including phenoxy) is 2. The van der Waals surface area contributed by atoms with Crippen LogP contribution in [0.4, 0.5) is 0 Å². The Bertz CT molecular complexity index is 2230. The smallest absolute Gasteiger partial charge is 0.309 e. The van der Waals surface area contributed by atoms with E-state index in [9.17, 15) is 39.6 Å². The number of aliphatic hydroxyl groups is 4. The van der Waals surface area contributed by atoms with E-state index >= 15 is 0 Å². The van der Waals surface area contributed by atoms with Crippen LogP contribution in [0.5, 0.6) is 0 Å². The highest BCUT2D eigenvalue weighted by Crippen LogP contribution is 2.44. The van der Waals surface area contributed by atoms with Crippen LogP contribution in [0.15, 0.2) is 84.3 Å². The second-order valence-corrected chi connectivity index (χ2v) is 23.5. The maximum atomic E-state index is 14.0. The monoisotopic (exact) mass is 1020 g/mol. The van der Waals surface area contributed by atoms with Gasteiger partial charge in [-0.3, -0.25) is 29.1 Å². The Morgan fingerprint density at radius 1 is 0.622 bits per heavy atom. The highest BCUT2D eigenvalue weighted by molar-refractivity contribution is 5.89. The largest absolute Gasteiger partial charge is 0.457 e. The molecule has 0 aliphatic heterocycles. The molecule has 0 spiro atoms. The number of ketones is 2. The van der Waals surface area contributed by atoms with E-state index in [4.69, 9.17) is 19.4 Å². The fraction of sp³-hybridized carbons (Fsp3) is 0.613. The normalized spacial score (nSPS) is 21.7. The minimum absolute atomic E-state index is 0.156. The molecule has 12 atom stereocenters. The molecule has 408 valence electrons. The first-order valence-electron chi connectivity index (χ1n) is 26.9. The first-order chi connectivity index (χ1) is 34.5. The van der Waals surface area contributed by atoms with Crippen LogP contribution in [0.25, 0.3) is 11.1 Å². The Morgan fingerprint density at radius 3 is 1.26 bits per heavy atom. The maximum Gasteiger partial charge on any atom is 0.309 e. The summed E-state index contributed by atoms with van der Waals surface area (Å²) in [4.78, 5) is 65.1. The van der Waals surface area contributed by atoms with Crippen LogP contribution in [0.1, 0.15) is 170 Å². The van der Waals surface area contributed by atoms with Gasteiger partial charge in [-0.15, -0.1) is 13.2 Å². The fourth-order valence-corrected chi connectivity index (χ4v) is 10.7. The van der Waals surface area contributed by atoms with Gasteiger partial charge in [0, 0.05) is 36.1 Å². The summed E-state index contributed by atoms with van der Waals surface area (Å²) >= 11 is 0. The molecular formula is C62H90N2O10. The number of hydrogen-bond donors (Lipinski definition) is 4. The summed E-state index contributed by atoms with van der Waals surface area (Å²) < 4.78 is 12.6. The minimum Gasteiger partial charge on any atom is -0.457 e. The number of carbonyl (C=O) groups is 4. The maximum absolute atomic E-state index is 14.0. The third-order valence-corrected chi connectivity index (χ3v) is 16.2. The van der Waals surface area contributed by atoms with Gasteiger partial charge in [0.05, 0.1) is 59.5 Å². The Hall–Kier alpha value is -4.88. The van der Waals surface area contributed by atoms with Crippen molar-refractivity contribution in [2.75, 3.05) is 0 Å². The average Bonchev–Trinajstić information content (AvgIpc) is 3.81. The SMILES string of the molecule is C=C(C)CCCC(C)C(O)C(C)C(=O)C(C)(C)C(O)CC(=O)OC1C(C)=C(c2ccc(C)cn2)CC1/C=C/C1CC(c2ccc(C)cn2)=C(C)C1OC(=O)CC(O)C(C)(C)C(=O)C(C)C(O)C(C)CCCC(=C)C. The van der Waals surface area contributed by atoms with E-state index in [0.717, 1.165) is 81.6 Å². The second-order valence-electron chi connectivity index (χ2n) is 23.5. The molecule has 0 radical (unpaired) electrons. The molecule has 0 amide bonds. The van der Waals surface area contributed by atoms with Gasteiger partial charge in [0.25, 0.3) is 0 Å². The first kappa shape index (κ1) is 61.7. The molecule has 0 fully saturated rings. The van der Waals surface area contributed by atoms with Crippen LogP contribution in [0, 0.1) is 60.2 Å². The average molecular weight is 1020 g/mol. The Kier molecular flexibility index (Phi) is 22.3. The molecule has 0 saturated heterocycles. The van der Waals surface area contributed by atoms with E-state index in [2.05, 4.69) is 13.2 Å². The van der Waals surface area contributed by atoms with Gasteiger partial charge in [0.2, 0.25) is 0 Å². The molecule has 12 heteroatoms. The van der Waals surface area contributed by atoms with Gasteiger partial charge in [-0.2, -0.15) is 0 Å². The lowest BCUT2D eigenvalue weighted by atomic mass is 9.73. The summed E-state index contributed by atoms with van der Waals surface area (Å²) in [6, 6.07) is 7.82. The fourth-order valence-electron chi connectivity index (χ4n) is 10.7. The topological polar surface area (TPSA) is 193 Å². The zero-order valence-corrected chi connectivity index (χ0v) is 47.2. The number of aryl methyl sites for hydroxylation is 2. The van der Waals surface area contributed by atoms with Crippen LogP contribution in [-0.4, -0.2) is 90.5 Å². The Balaban J connectivity index is 1.58. The predicted molar refractivity (Wildman–Crippen MR) is 293 cm³/mol. The third kappa shape index (κ3) is 15.8. The number of hydrogen-bond acceptors (Lipinski definition) is 12. The van der Waals surface area contributed by atoms with Crippen molar-refractivity contribution in [3.05, 3.63) is 107 Å². The van der Waals surface area contributed by atoms with Gasteiger partial charge < -0.3 is 29.9 Å². The van der Waals surface area contributed by atoms with Crippen molar-refractivity contribution < 1.29 is 49.1 Å². The summed E-state index contributed by atoms with van der Waals surface area (Å²) in [7, 11) is 0. The molecule has 2 aromatic rings. The molecule has 4 N–H and O–H groups in total. The van der Waals surface area contributed by atoms with Crippen LogP contribution < -0.4 is 0 Å². The Morgan fingerprint density at radius 2 is 0.959 bits per heavy atom. The van der Waals surface area contributed by atoms with Crippen LogP contribution in [-0.2, 0) is 28.7 Å². The number of nitrogens with zero attached hydrogens (tertiary/aromatic N) is 2. The van der Waals surface area contributed by atoms with Gasteiger partial charge in [-0.05, 0) is 150 Å². The highest BCUT2D eigenvalue weighted by Gasteiger charge is 2.45. The number of esters is 2. The van der Waals surface area contributed by atoms with Crippen molar-refractivity contribution in [3.8, 4) is 0 Å². The zero-order valence-electron chi connectivity index (χ0n) is 47.2. The van der Waals surface area contributed by atoms with Crippen molar-refractivity contribution in [1.29, 1.82) is 0 Å². The molecule has 12 unspecified atom stereocenters. The van der Waals surface area contributed by atoms with Gasteiger partial charge in [-0.25, -0.2) is 0 Å².